The van der Waals surface area contributed by atoms with Gasteiger partial charge in [-0.25, -0.2) is 0 Å². The highest BCUT2D eigenvalue weighted by molar-refractivity contribution is 5.94. The summed E-state index contributed by atoms with van der Waals surface area (Å²) in [6.07, 6.45) is 1.41. The number of carboxylic acid groups (broad SMARTS) is 1. The van der Waals surface area contributed by atoms with Crippen molar-refractivity contribution in [3.63, 3.8) is 0 Å². The van der Waals surface area contributed by atoms with E-state index in [-0.39, 0.29) is 17.9 Å². The van der Waals surface area contributed by atoms with E-state index in [4.69, 9.17) is 5.11 Å². The third-order valence-corrected chi connectivity index (χ3v) is 3.64. The van der Waals surface area contributed by atoms with Crippen molar-refractivity contribution in [1.82, 2.24) is 10.2 Å². The Morgan fingerprint density at radius 1 is 1.45 bits per heavy atom. The quantitative estimate of drug-likeness (QED) is 0.621. The third kappa shape index (κ3) is 4.01. The summed E-state index contributed by atoms with van der Waals surface area (Å²) in [5.74, 6) is -1.65. The zero-order valence-electron chi connectivity index (χ0n) is 11.9. The van der Waals surface area contributed by atoms with Crippen LogP contribution in [0.1, 0.15) is 23.2 Å². The molecule has 1 aliphatic rings. The van der Waals surface area contributed by atoms with Gasteiger partial charge in [0.1, 0.15) is 0 Å². The SMILES string of the molecule is O=C(NCN1CCCC(C(=O)O)C1)c1cccc([N+](=O)[O-])c1. The molecule has 1 aliphatic heterocycles. The van der Waals surface area contributed by atoms with Crippen LogP contribution in [0.4, 0.5) is 5.69 Å². The molecule has 22 heavy (non-hydrogen) atoms. The van der Waals surface area contributed by atoms with Crippen LogP contribution in [0.2, 0.25) is 0 Å². The summed E-state index contributed by atoms with van der Waals surface area (Å²) in [5.41, 5.74) is 0.0672. The Morgan fingerprint density at radius 2 is 2.23 bits per heavy atom. The molecule has 118 valence electrons. The summed E-state index contributed by atoms with van der Waals surface area (Å²) in [6.45, 7) is 1.34. The molecule has 1 amide bonds. The molecule has 0 spiro atoms. The Morgan fingerprint density at radius 3 is 2.91 bits per heavy atom. The first-order valence-corrected chi connectivity index (χ1v) is 6.95. The van der Waals surface area contributed by atoms with Crippen LogP contribution in [-0.2, 0) is 4.79 Å². The van der Waals surface area contributed by atoms with Crippen molar-refractivity contribution in [1.29, 1.82) is 0 Å². The average molecular weight is 307 g/mol. The van der Waals surface area contributed by atoms with E-state index >= 15 is 0 Å². The normalized spacial score (nSPS) is 18.6. The van der Waals surface area contributed by atoms with Crippen molar-refractivity contribution < 1.29 is 19.6 Å². The first-order valence-electron chi connectivity index (χ1n) is 6.95. The Kier molecular flexibility index (Phi) is 5.05. The molecule has 1 aromatic carbocycles. The number of carboxylic acids is 1. The van der Waals surface area contributed by atoms with Crippen molar-refractivity contribution in [3.8, 4) is 0 Å². The topological polar surface area (TPSA) is 113 Å². The number of benzene rings is 1. The molecule has 1 saturated heterocycles. The van der Waals surface area contributed by atoms with Gasteiger partial charge in [0, 0.05) is 24.2 Å². The van der Waals surface area contributed by atoms with Crippen molar-refractivity contribution in [2.24, 2.45) is 5.92 Å². The number of nitrogens with zero attached hydrogens (tertiary/aromatic N) is 2. The minimum atomic E-state index is -0.824. The zero-order chi connectivity index (χ0) is 16.1. The van der Waals surface area contributed by atoms with Gasteiger partial charge in [-0.3, -0.25) is 24.6 Å². The van der Waals surface area contributed by atoms with Gasteiger partial charge in [0.2, 0.25) is 0 Å². The fraction of sp³-hybridized carbons (Fsp3) is 0.429. The van der Waals surface area contributed by atoms with Crippen LogP contribution in [0.5, 0.6) is 0 Å². The summed E-state index contributed by atoms with van der Waals surface area (Å²) < 4.78 is 0. The number of aliphatic carboxylic acids is 1. The number of amides is 1. The molecule has 0 aromatic heterocycles. The van der Waals surface area contributed by atoms with Gasteiger partial charge in [0.25, 0.3) is 11.6 Å². The second kappa shape index (κ2) is 6.99. The monoisotopic (exact) mass is 307 g/mol. The molecule has 1 heterocycles. The third-order valence-electron chi connectivity index (χ3n) is 3.64. The molecular weight excluding hydrogens is 290 g/mol. The number of hydrogen-bond acceptors (Lipinski definition) is 5. The van der Waals surface area contributed by atoms with Crippen LogP contribution in [0.15, 0.2) is 24.3 Å². The van der Waals surface area contributed by atoms with E-state index in [1.165, 1.54) is 24.3 Å². The summed E-state index contributed by atoms with van der Waals surface area (Å²) in [4.78, 5) is 35.0. The van der Waals surface area contributed by atoms with Crippen molar-refractivity contribution in [2.75, 3.05) is 19.8 Å². The second-order valence-corrected chi connectivity index (χ2v) is 5.23. The van der Waals surface area contributed by atoms with E-state index in [0.717, 1.165) is 13.0 Å². The number of carbonyl (C=O) groups is 2. The maximum atomic E-state index is 12.0. The van der Waals surface area contributed by atoms with Crippen LogP contribution < -0.4 is 5.32 Å². The molecule has 1 atom stereocenters. The molecule has 0 radical (unpaired) electrons. The average Bonchev–Trinajstić information content (AvgIpc) is 2.53. The van der Waals surface area contributed by atoms with Crippen LogP contribution in [0.3, 0.4) is 0 Å². The van der Waals surface area contributed by atoms with E-state index in [9.17, 15) is 19.7 Å². The number of hydrogen-bond donors (Lipinski definition) is 2. The molecule has 1 fully saturated rings. The highest BCUT2D eigenvalue weighted by Crippen LogP contribution is 2.16. The Labute approximate surface area is 126 Å². The predicted molar refractivity (Wildman–Crippen MR) is 77.4 cm³/mol. The van der Waals surface area contributed by atoms with Crippen LogP contribution >= 0.6 is 0 Å². The summed E-state index contributed by atoms with van der Waals surface area (Å²) in [7, 11) is 0. The Balaban J connectivity index is 1.91. The number of likely N-dealkylation sites (tertiary alicyclic amines) is 1. The van der Waals surface area contributed by atoms with Gasteiger partial charge in [0.15, 0.2) is 0 Å². The lowest BCUT2D eigenvalue weighted by molar-refractivity contribution is -0.384. The maximum Gasteiger partial charge on any atom is 0.307 e. The largest absolute Gasteiger partial charge is 0.481 e. The van der Waals surface area contributed by atoms with Crippen molar-refractivity contribution in [3.05, 3.63) is 39.9 Å². The molecule has 0 bridgehead atoms. The van der Waals surface area contributed by atoms with Crippen LogP contribution in [0, 0.1) is 16.0 Å². The first kappa shape index (κ1) is 15.9. The Hall–Kier alpha value is -2.48. The van der Waals surface area contributed by atoms with Gasteiger partial charge in [-0.1, -0.05) is 6.07 Å². The van der Waals surface area contributed by atoms with Crippen molar-refractivity contribution in [2.45, 2.75) is 12.8 Å². The van der Waals surface area contributed by atoms with Gasteiger partial charge in [-0.05, 0) is 25.5 Å². The van der Waals surface area contributed by atoms with Gasteiger partial charge >= 0.3 is 5.97 Å². The smallest absolute Gasteiger partial charge is 0.307 e. The number of non-ortho nitro benzene ring substituents is 1. The van der Waals surface area contributed by atoms with Crippen molar-refractivity contribution >= 4 is 17.6 Å². The number of nitrogens with one attached hydrogen (secondary N) is 1. The lowest BCUT2D eigenvalue weighted by Gasteiger charge is -2.30. The predicted octanol–water partition coefficient (Wildman–Crippen LogP) is 1.08. The highest BCUT2D eigenvalue weighted by Gasteiger charge is 2.25. The molecule has 1 aromatic rings. The zero-order valence-corrected chi connectivity index (χ0v) is 11.9. The summed E-state index contributed by atoms with van der Waals surface area (Å²) in [5, 5.41) is 22.4. The summed E-state index contributed by atoms with van der Waals surface area (Å²) in [6, 6.07) is 5.48. The van der Waals surface area contributed by atoms with Gasteiger partial charge in [-0.2, -0.15) is 0 Å². The second-order valence-electron chi connectivity index (χ2n) is 5.23. The minimum Gasteiger partial charge on any atom is -0.481 e. The highest BCUT2D eigenvalue weighted by atomic mass is 16.6. The lowest BCUT2D eigenvalue weighted by atomic mass is 9.99. The standard InChI is InChI=1S/C14H17N3O5/c18-13(10-3-1-5-12(7-10)17(21)22)15-9-16-6-2-4-11(8-16)14(19)20/h1,3,5,7,11H,2,4,6,8-9H2,(H,15,18)(H,19,20). The molecule has 2 rings (SSSR count). The molecule has 8 heteroatoms. The van der Waals surface area contributed by atoms with E-state index < -0.39 is 22.7 Å². The molecular formula is C14H17N3O5. The van der Waals surface area contributed by atoms with E-state index in [0.29, 0.717) is 13.0 Å². The molecule has 2 N–H and O–H groups in total. The number of rotatable bonds is 5. The number of nitro benzene ring substituents is 1. The van der Waals surface area contributed by atoms with E-state index in [2.05, 4.69) is 5.32 Å². The number of piperidine rings is 1. The van der Waals surface area contributed by atoms with E-state index in [1.54, 1.807) is 0 Å². The fourth-order valence-corrected chi connectivity index (χ4v) is 2.45. The first-order chi connectivity index (χ1) is 10.5. The molecule has 1 unspecified atom stereocenters. The summed E-state index contributed by atoms with van der Waals surface area (Å²) >= 11 is 0. The minimum absolute atomic E-state index is 0.142. The maximum absolute atomic E-state index is 12.0. The Bertz CT molecular complexity index is 590. The molecule has 0 aliphatic carbocycles. The number of carbonyl (C=O) groups excluding carboxylic acids is 1. The van der Waals surface area contributed by atoms with E-state index in [1.807, 2.05) is 4.90 Å². The van der Waals surface area contributed by atoms with Crippen LogP contribution in [-0.4, -0.2) is 46.6 Å². The number of nitro groups is 1. The van der Waals surface area contributed by atoms with Crippen LogP contribution in [0.25, 0.3) is 0 Å². The van der Waals surface area contributed by atoms with Gasteiger partial charge in [0.05, 0.1) is 17.5 Å². The molecule has 0 saturated carbocycles. The fourth-order valence-electron chi connectivity index (χ4n) is 2.45. The van der Waals surface area contributed by atoms with Gasteiger partial charge in [-0.15, -0.1) is 0 Å². The lowest BCUT2D eigenvalue weighted by Crippen LogP contribution is -2.44. The van der Waals surface area contributed by atoms with Gasteiger partial charge < -0.3 is 10.4 Å². The molecule has 8 nitrogen and oxygen atoms in total.